The first kappa shape index (κ1) is 24.2. The average Bonchev–Trinajstić information content (AvgIpc) is 3.22. The number of guanidine groups is 1. The third-order valence-electron chi connectivity index (χ3n) is 4.99. The van der Waals surface area contributed by atoms with E-state index in [0.29, 0.717) is 6.54 Å². The molecule has 0 aromatic carbocycles. The molecule has 5 nitrogen and oxygen atoms in total. The topological polar surface area (TPSA) is 56.7 Å². The maximum Gasteiger partial charge on any atom is 0.230 e. The molecule has 1 aliphatic rings. The lowest BCUT2D eigenvalue weighted by Gasteiger charge is -2.29. The van der Waals surface area contributed by atoms with Crippen LogP contribution >= 0.6 is 35.3 Å². The number of carbonyl (C=O) groups excluding carboxylic acids is 1. The fourth-order valence-corrected chi connectivity index (χ4v) is 4.72. The van der Waals surface area contributed by atoms with E-state index in [-0.39, 0.29) is 41.3 Å². The highest BCUT2D eigenvalue weighted by molar-refractivity contribution is 14.0. The number of aliphatic imine (C=N–C) groups is 1. The van der Waals surface area contributed by atoms with Gasteiger partial charge in [0.1, 0.15) is 0 Å². The fraction of sp³-hybridized carbons (Fsp3) is 0.700. The van der Waals surface area contributed by atoms with Crippen molar-refractivity contribution in [1.29, 1.82) is 0 Å². The SMILES string of the molecule is CCNC(=NCC1(C(=O)N(C)C)CCCC1)NC(C)Cc1ccc(C)s1.I. The Morgan fingerprint density at radius 2 is 2.00 bits per heavy atom. The minimum absolute atomic E-state index is 0. The van der Waals surface area contributed by atoms with E-state index >= 15 is 0 Å². The molecule has 0 aliphatic heterocycles. The molecular weight excluding hydrogens is 471 g/mol. The van der Waals surface area contributed by atoms with Crippen molar-refractivity contribution >= 4 is 47.2 Å². The van der Waals surface area contributed by atoms with Crippen molar-refractivity contribution in [3.63, 3.8) is 0 Å². The molecule has 1 unspecified atom stereocenters. The van der Waals surface area contributed by atoms with Crippen LogP contribution in [0.4, 0.5) is 0 Å². The Bertz CT molecular complexity index is 623. The summed E-state index contributed by atoms with van der Waals surface area (Å²) < 4.78 is 0. The van der Waals surface area contributed by atoms with E-state index in [4.69, 9.17) is 4.99 Å². The zero-order chi connectivity index (χ0) is 19.2. The maximum atomic E-state index is 12.7. The lowest BCUT2D eigenvalue weighted by atomic mass is 9.85. The first-order chi connectivity index (χ1) is 12.4. The zero-order valence-corrected chi connectivity index (χ0v) is 20.4. The molecular formula is C20H35IN4OS. The van der Waals surface area contributed by atoms with E-state index in [0.717, 1.165) is 44.6 Å². The Morgan fingerprint density at radius 3 is 2.52 bits per heavy atom. The van der Waals surface area contributed by atoms with Crippen molar-refractivity contribution < 1.29 is 4.79 Å². The molecule has 0 bridgehead atoms. The van der Waals surface area contributed by atoms with E-state index in [1.54, 1.807) is 4.90 Å². The molecule has 2 N–H and O–H groups in total. The monoisotopic (exact) mass is 506 g/mol. The van der Waals surface area contributed by atoms with Crippen LogP contribution in [0.3, 0.4) is 0 Å². The van der Waals surface area contributed by atoms with Gasteiger partial charge in [-0.25, -0.2) is 0 Å². The molecule has 2 rings (SSSR count). The van der Waals surface area contributed by atoms with E-state index in [2.05, 4.69) is 43.5 Å². The van der Waals surface area contributed by atoms with Crippen LogP contribution in [0.15, 0.2) is 17.1 Å². The van der Waals surface area contributed by atoms with Gasteiger partial charge in [-0.2, -0.15) is 0 Å². The standard InChI is InChI=1S/C20H34N4OS.HI/c1-6-21-19(23-15(2)13-17-10-9-16(3)26-17)22-14-20(11-7-8-12-20)18(25)24(4)5;/h9-10,15H,6-8,11-14H2,1-5H3,(H2,21,22,23);1H. The van der Waals surface area contributed by atoms with Gasteiger partial charge in [0.2, 0.25) is 5.91 Å². The van der Waals surface area contributed by atoms with Crippen LogP contribution in [0.1, 0.15) is 49.3 Å². The molecule has 0 spiro atoms. The summed E-state index contributed by atoms with van der Waals surface area (Å²) in [5.41, 5.74) is -0.319. The van der Waals surface area contributed by atoms with Gasteiger partial charge in [0.15, 0.2) is 5.96 Å². The van der Waals surface area contributed by atoms with E-state index in [1.807, 2.05) is 25.4 Å². The number of thiophene rings is 1. The van der Waals surface area contributed by atoms with Crippen molar-refractivity contribution in [2.45, 2.75) is 58.9 Å². The fourth-order valence-electron chi connectivity index (χ4n) is 3.70. The van der Waals surface area contributed by atoms with Crippen LogP contribution in [-0.4, -0.2) is 50.0 Å². The number of nitrogens with zero attached hydrogens (tertiary/aromatic N) is 2. The van der Waals surface area contributed by atoms with Gasteiger partial charge in [-0.1, -0.05) is 12.8 Å². The van der Waals surface area contributed by atoms with E-state index < -0.39 is 0 Å². The van der Waals surface area contributed by atoms with Crippen molar-refractivity contribution in [3.8, 4) is 0 Å². The van der Waals surface area contributed by atoms with Crippen molar-refractivity contribution in [2.24, 2.45) is 10.4 Å². The molecule has 1 saturated carbocycles. The number of nitrogens with one attached hydrogen (secondary N) is 2. The van der Waals surface area contributed by atoms with Gasteiger partial charge >= 0.3 is 0 Å². The molecule has 0 saturated heterocycles. The Kier molecular flexibility index (Phi) is 10.1. The highest BCUT2D eigenvalue weighted by atomic mass is 127. The summed E-state index contributed by atoms with van der Waals surface area (Å²) in [5.74, 6) is 1.03. The predicted octanol–water partition coefficient (Wildman–Crippen LogP) is 3.81. The van der Waals surface area contributed by atoms with Gasteiger partial charge < -0.3 is 15.5 Å². The highest BCUT2D eigenvalue weighted by Gasteiger charge is 2.42. The number of aryl methyl sites for hydroxylation is 1. The van der Waals surface area contributed by atoms with Gasteiger partial charge in [-0.05, 0) is 45.7 Å². The number of hydrogen-bond acceptors (Lipinski definition) is 3. The highest BCUT2D eigenvalue weighted by Crippen LogP contribution is 2.39. The van der Waals surface area contributed by atoms with Crippen LogP contribution in [0.25, 0.3) is 0 Å². The van der Waals surface area contributed by atoms with Crippen molar-refractivity contribution in [1.82, 2.24) is 15.5 Å². The van der Waals surface area contributed by atoms with Crippen molar-refractivity contribution in [2.75, 3.05) is 27.2 Å². The van der Waals surface area contributed by atoms with E-state index in [1.165, 1.54) is 9.75 Å². The van der Waals surface area contributed by atoms with Crippen molar-refractivity contribution in [3.05, 3.63) is 21.9 Å². The molecule has 1 atom stereocenters. The molecule has 1 aliphatic carbocycles. The molecule has 1 heterocycles. The van der Waals surface area contributed by atoms with Gasteiger partial charge in [0.25, 0.3) is 0 Å². The normalized spacial score (nSPS) is 17.1. The zero-order valence-electron chi connectivity index (χ0n) is 17.3. The summed E-state index contributed by atoms with van der Waals surface area (Å²) in [6.45, 7) is 7.76. The smallest absolute Gasteiger partial charge is 0.230 e. The summed E-state index contributed by atoms with van der Waals surface area (Å²) in [7, 11) is 3.70. The second kappa shape index (κ2) is 11.2. The molecule has 27 heavy (non-hydrogen) atoms. The summed E-state index contributed by atoms with van der Waals surface area (Å²) in [6, 6.07) is 4.66. The van der Waals surface area contributed by atoms with Crippen LogP contribution in [-0.2, 0) is 11.2 Å². The number of hydrogen-bond donors (Lipinski definition) is 2. The van der Waals surface area contributed by atoms with Gasteiger partial charge in [-0.3, -0.25) is 9.79 Å². The predicted molar refractivity (Wildman–Crippen MR) is 126 cm³/mol. The molecule has 0 radical (unpaired) electrons. The molecule has 154 valence electrons. The van der Waals surface area contributed by atoms with Crippen LogP contribution in [0.2, 0.25) is 0 Å². The Hall–Kier alpha value is -0.830. The minimum atomic E-state index is -0.319. The second-order valence-corrected chi connectivity index (χ2v) is 9.02. The largest absolute Gasteiger partial charge is 0.357 e. The van der Waals surface area contributed by atoms with Gasteiger partial charge in [0.05, 0.1) is 12.0 Å². The van der Waals surface area contributed by atoms with Crippen LogP contribution < -0.4 is 10.6 Å². The summed E-state index contributed by atoms with van der Waals surface area (Å²) in [4.78, 5) is 22.0. The average molecular weight is 506 g/mol. The van der Waals surface area contributed by atoms with Crippen LogP contribution in [0, 0.1) is 12.3 Å². The van der Waals surface area contributed by atoms with E-state index in [9.17, 15) is 4.79 Å². The number of amides is 1. The Balaban J connectivity index is 0.00000364. The third kappa shape index (κ3) is 6.93. The van der Waals surface area contributed by atoms with Crippen LogP contribution in [0.5, 0.6) is 0 Å². The lowest BCUT2D eigenvalue weighted by molar-refractivity contribution is -0.138. The second-order valence-electron chi connectivity index (χ2n) is 7.64. The first-order valence-electron chi connectivity index (χ1n) is 9.68. The number of carbonyl (C=O) groups is 1. The molecule has 1 aromatic rings. The molecule has 1 amide bonds. The molecule has 7 heteroatoms. The van der Waals surface area contributed by atoms with Gasteiger partial charge in [0, 0.05) is 42.9 Å². The maximum absolute atomic E-state index is 12.7. The first-order valence-corrected chi connectivity index (χ1v) is 10.5. The van der Waals surface area contributed by atoms with Gasteiger partial charge in [-0.15, -0.1) is 35.3 Å². The lowest BCUT2D eigenvalue weighted by Crippen LogP contribution is -2.45. The quantitative estimate of drug-likeness (QED) is 0.336. The summed E-state index contributed by atoms with van der Waals surface area (Å²) in [5, 5.41) is 6.84. The minimum Gasteiger partial charge on any atom is -0.357 e. The summed E-state index contributed by atoms with van der Waals surface area (Å²) in [6.07, 6.45) is 5.10. The molecule has 1 fully saturated rings. The number of rotatable bonds is 7. The number of halogens is 1. The molecule has 1 aromatic heterocycles. The Morgan fingerprint density at radius 1 is 1.33 bits per heavy atom. The Labute approximate surface area is 185 Å². The third-order valence-corrected chi connectivity index (χ3v) is 6.01. The summed E-state index contributed by atoms with van der Waals surface area (Å²) >= 11 is 1.85.